The molecule has 1 aliphatic rings. The summed E-state index contributed by atoms with van der Waals surface area (Å²) in [5.41, 5.74) is 5.78. The molecule has 1 heterocycles. The van der Waals surface area contributed by atoms with Gasteiger partial charge in [-0.25, -0.2) is 4.79 Å². The number of benzene rings is 1. The van der Waals surface area contributed by atoms with Crippen molar-refractivity contribution in [2.45, 2.75) is 31.7 Å². The SMILES string of the molecule is CN(C)c1ccc2c(c1)OC(C)(C)C(O)C2OC(N)=O. The van der Waals surface area contributed by atoms with E-state index in [9.17, 15) is 9.90 Å². The minimum absolute atomic E-state index is 0.581. The summed E-state index contributed by atoms with van der Waals surface area (Å²) in [6.45, 7) is 3.47. The molecule has 3 N–H and O–H groups in total. The van der Waals surface area contributed by atoms with Gasteiger partial charge in [0.25, 0.3) is 0 Å². The van der Waals surface area contributed by atoms with E-state index in [1.807, 2.05) is 31.1 Å². The van der Waals surface area contributed by atoms with Crippen LogP contribution in [0, 0.1) is 0 Å². The lowest BCUT2D eigenvalue weighted by atomic mass is 9.88. The lowest BCUT2D eigenvalue weighted by Crippen LogP contribution is -2.50. The number of hydrogen-bond acceptors (Lipinski definition) is 5. The summed E-state index contributed by atoms with van der Waals surface area (Å²) >= 11 is 0. The van der Waals surface area contributed by atoms with Gasteiger partial charge in [0.05, 0.1) is 0 Å². The predicted octanol–water partition coefficient (Wildman–Crippen LogP) is 1.42. The Balaban J connectivity index is 2.48. The summed E-state index contributed by atoms with van der Waals surface area (Å²) < 4.78 is 10.9. The van der Waals surface area contributed by atoms with E-state index in [2.05, 4.69) is 0 Å². The second kappa shape index (κ2) is 4.86. The van der Waals surface area contributed by atoms with Crippen LogP contribution in [-0.2, 0) is 4.74 Å². The van der Waals surface area contributed by atoms with Gasteiger partial charge in [-0.15, -0.1) is 0 Å². The number of nitrogens with two attached hydrogens (primary N) is 1. The molecule has 20 heavy (non-hydrogen) atoms. The molecule has 1 aromatic carbocycles. The van der Waals surface area contributed by atoms with Crippen LogP contribution in [0.4, 0.5) is 10.5 Å². The number of anilines is 1. The zero-order chi connectivity index (χ0) is 15.1. The van der Waals surface area contributed by atoms with E-state index < -0.39 is 23.9 Å². The molecular weight excluding hydrogens is 260 g/mol. The zero-order valence-corrected chi connectivity index (χ0v) is 12.1. The van der Waals surface area contributed by atoms with Crippen molar-refractivity contribution in [3.05, 3.63) is 23.8 Å². The molecule has 2 rings (SSSR count). The van der Waals surface area contributed by atoms with E-state index in [1.54, 1.807) is 19.9 Å². The van der Waals surface area contributed by atoms with Crippen LogP contribution < -0.4 is 15.4 Å². The molecule has 1 aromatic rings. The van der Waals surface area contributed by atoms with Crippen LogP contribution in [0.3, 0.4) is 0 Å². The summed E-state index contributed by atoms with van der Waals surface area (Å²) in [6.07, 6.45) is -2.75. The lowest BCUT2D eigenvalue weighted by molar-refractivity contribution is -0.112. The number of fused-ring (bicyclic) bond motifs is 1. The van der Waals surface area contributed by atoms with Crippen molar-refractivity contribution in [2.75, 3.05) is 19.0 Å². The van der Waals surface area contributed by atoms with Gasteiger partial charge in [-0.2, -0.15) is 0 Å². The molecule has 6 nitrogen and oxygen atoms in total. The molecule has 0 saturated carbocycles. The van der Waals surface area contributed by atoms with E-state index in [0.29, 0.717) is 11.3 Å². The first-order valence-electron chi connectivity index (χ1n) is 6.37. The maximum Gasteiger partial charge on any atom is 0.405 e. The maximum atomic E-state index is 11.0. The van der Waals surface area contributed by atoms with Crippen molar-refractivity contribution in [1.29, 1.82) is 0 Å². The minimum Gasteiger partial charge on any atom is -0.484 e. The second-order valence-electron chi connectivity index (χ2n) is 5.62. The zero-order valence-electron chi connectivity index (χ0n) is 12.1. The van der Waals surface area contributed by atoms with Crippen LogP contribution in [0.5, 0.6) is 5.75 Å². The van der Waals surface area contributed by atoms with Crippen LogP contribution in [0.1, 0.15) is 25.5 Å². The standard InChI is InChI=1S/C14H20N2O4/c1-14(2)12(17)11(19-13(15)18)9-6-5-8(16(3)4)7-10(9)20-14/h5-7,11-12,17H,1-4H3,(H2,15,18). The van der Waals surface area contributed by atoms with E-state index >= 15 is 0 Å². The molecule has 0 spiro atoms. The highest BCUT2D eigenvalue weighted by molar-refractivity contribution is 5.65. The van der Waals surface area contributed by atoms with Crippen LogP contribution in [0.15, 0.2) is 18.2 Å². The van der Waals surface area contributed by atoms with Crippen molar-refractivity contribution in [3.8, 4) is 5.75 Å². The highest BCUT2D eigenvalue weighted by atomic mass is 16.6. The number of hydrogen-bond donors (Lipinski definition) is 2. The number of aliphatic hydroxyl groups is 1. The first-order valence-corrected chi connectivity index (χ1v) is 6.37. The molecule has 0 radical (unpaired) electrons. The van der Waals surface area contributed by atoms with Crippen LogP contribution >= 0.6 is 0 Å². The van der Waals surface area contributed by atoms with Crippen molar-refractivity contribution < 1.29 is 19.4 Å². The summed E-state index contributed by atoms with van der Waals surface area (Å²) in [7, 11) is 3.84. The third kappa shape index (κ3) is 2.51. The third-order valence-electron chi connectivity index (χ3n) is 3.44. The number of rotatable bonds is 2. The summed E-state index contributed by atoms with van der Waals surface area (Å²) in [6, 6.07) is 5.49. The second-order valence-corrected chi connectivity index (χ2v) is 5.62. The monoisotopic (exact) mass is 280 g/mol. The first kappa shape index (κ1) is 14.5. The topological polar surface area (TPSA) is 85.0 Å². The van der Waals surface area contributed by atoms with Gasteiger partial charge in [0.2, 0.25) is 0 Å². The van der Waals surface area contributed by atoms with E-state index in [-0.39, 0.29) is 0 Å². The highest BCUT2D eigenvalue weighted by Crippen LogP contribution is 2.43. The van der Waals surface area contributed by atoms with Crippen molar-refractivity contribution in [2.24, 2.45) is 5.73 Å². The van der Waals surface area contributed by atoms with Gasteiger partial charge in [-0.05, 0) is 26.0 Å². The van der Waals surface area contributed by atoms with Crippen LogP contribution in [0.25, 0.3) is 0 Å². The van der Waals surface area contributed by atoms with E-state index in [4.69, 9.17) is 15.2 Å². The smallest absolute Gasteiger partial charge is 0.405 e. The number of amides is 1. The Hall–Kier alpha value is -1.95. The van der Waals surface area contributed by atoms with Gasteiger partial charge in [0.1, 0.15) is 17.5 Å². The number of carbonyl (C=O) groups excluding carboxylic acids is 1. The van der Waals surface area contributed by atoms with Crippen LogP contribution in [0.2, 0.25) is 0 Å². The fourth-order valence-corrected chi connectivity index (χ4v) is 2.26. The fourth-order valence-electron chi connectivity index (χ4n) is 2.26. The van der Waals surface area contributed by atoms with Crippen molar-refractivity contribution >= 4 is 11.8 Å². The Morgan fingerprint density at radius 2 is 2.10 bits per heavy atom. The average molecular weight is 280 g/mol. The fraction of sp³-hybridized carbons (Fsp3) is 0.500. The molecule has 2 atom stereocenters. The predicted molar refractivity (Wildman–Crippen MR) is 74.9 cm³/mol. The van der Waals surface area contributed by atoms with Crippen LogP contribution in [-0.4, -0.2) is 37.0 Å². The summed E-state index contributed by atoms with van der Waals surface area (Å²) in [4.78, 5) is 13.0. The minimum atomic E-state index is -0.993. The molecule has 6 heteroatoms. The maximum absolute atomic E-state index is 11.0. The number of primary amides is 1. The molecule has 0 aliphatic carbocycles. The Morgan fingerprint density at radius 3 is 2.65 bits per heavy atom. The van der Waals surface area contributed by atoms with Gasteiger partial charge in [0.15, 0.2) is 6.10 Å². The quantitative estimate of drug-likeness (QED) is 0.855. The molecule has 0 saturated heterocycles. The van der Waals surface area contributed by atoms with E-state index in [0.717, 1.165) is 5.69 Å². The highest BCUT2D eigenvalue weighted by Gasteiger charge is 2.45. The third-order valence-corrected chi connectivity index (χ3v) is 3.44. The number of carbonyl (C=O) groups is 1. The molecule has 110 valence electrons. The molecule has 0 fully saturated rings. The molecule has 1 aliphatic heterocycles. The van der Waals surface area contributed by atoms with Crippen molar-refractivity contribution in [3.63, 3.8) is 0 Å². The average Bonchev–Trinajstić information content (AvgIpc) is 2.33. The number of aliphatic hydroxyl groups excluding tert-OH is 1. The Labute approximate surface area is 118 Å². The molecule has 1 amide bonds. The van der Waals surface area contributed by atoms with Crippen molar-refractivity contribution in [1.82, 2.24) is 0 Å². The van der Waals surface area contributed by atoms with Gasteiger partial charge in [0, 0.05) is 31.4 Å². The van der Waals surface area contributed by atoms with Gasteiger partial charge in [-0.1, -0.05) is 0 Å². The lowest BCUT2D eigenvalue weighted by Gasteiger charge is -2.41. The molecule has 0 bridgehead atoms. The summed E-state index contributed by atoms with van der Waals surface area (Å²) in [5.74, 6) is 0.581. The van der Waals surface area contributed by atoms with Gasteiger partial charge in [-0.3, -0.25) is 0 Å². The molecule has 2 unspecified atom stereocenters. The number of nitrogens with zero attached hydrogens (tertiary/aromatic N) is 1. The largest absolute Gasteiger partial charge is 0.484 e. The molecular formula is C14H20N2O4. The summed E-state index contributed by atoms with van der Waals surface area (Å²) in [5, 5.41) is 10.3. The van der Waals surface area contributed by atoms with Gasteiger partial charge < -0.3 is 25.2 Å². The van der Waals surface area contributed by atoms with E-state index in [1.165, 1.54) is 0 Å². The normalized spacial score (nSPS) is 23.4. The van der Waals surface area contributed by atoms with Gasteiger partial charge >= 0.3 is 6.09 Å². The number of ether oxygens (including phenoxy) is 2. The Kier molecular flexibility index (Phi) is 3.52. The molecule has 0 aromatic heterocycles. The first-order chi connectivity index (χ1) is 9.22. The Bertz CT molecular complexity index is 528. The Morgan fingerprint density at radius 1 is 1.45 bits per heavy atom.